The normalized spacial score (nSPS) is 12.7. The number of carbonyl (C=O) groups is 1. The van der Waals surface area contributed by atoms with Gasteiger partial charge in [0.2, 0.25) is 5.82 Å². The van der Waals surface area contributed by atoms with E-state index >= 15 is 0 Å². The van der Waals surface area contributed by atoms with Gasteiger partial charge in [-0.1, -0.05) is 45.4 Å². The number of rotatable bonds is 12. The monoisotopic (exact) mass is 438 g/mol. The van der Waals surface area contributed by atoms with Crippen LogP contribution in [-0.4, -0.2) is 25.3 Å². The fourth-order valence-electron chi connectivity index (χ4n) is 3.12. The third-order valence-corrected chi connectivity index (χ3v) is 5.37. The Morgan fingerprint density at radius 2 is 1.40 bits per heavy atom. The number of ether oxygens (including phenoxy) is 1. The number of methoxy groups -OCH3 is 1. The molecule has 1 aromatic carbocycles. The summed E-state index contributed by atoms with van der Waals surface area (Å²) in [6.45, 7) is 5.97. The lowest BCUT2D eigenvalue weighted by Gasteiger charge is -2.33. The smallest absolute Gasteiger partial charge is 0.319 e. The molecule has 0 heterocycles. The molecule has 0 saturated carbocycles. The number of unbranched alkanes of at least 4 members (excludes halogenated alkanes) is 5. The van der Waals surface area contributed by atoms with Crippen LogP contribution in [-0.2, 0) is 4.74 Å². The Morgan fingerprint density at radius 3 is 1.93 bits per heavy atom. The number of anilines is 1. The Morgan fingerprint density at radius 1 is 0.900 bits per heavy atom. The molecule has 4 nitrogen and oxygen atoms in total. The van der Waals surface area contributed by atoms with Crippen LogP contribution in [0.5, 0.6) is 0 Å². The molecule has 1 rings (SSSR count). The lowest BCUT2D eigenvalue weighted by molar-refractivity contribution is -0.0300. The first-order chi connectivity index (χ1) is 14.1. The Bertz CT molecular complexity index is 684. The topological polar surface area (TPSA) is 50.4 Å². The molecule has 0 bridgehead atoms. The molecule has 0 aliphatic rings. The van der Waals surface area contributed by atoms with Gasteiger partial charge >= 0.3 is 6.03 Å². The second kappa shape index (κ2) is 12.1. The SMILES string of the molecule is CCCCCCCCC(CNC(=O)Nc1c(F)c(F)c(F)c(F)c1F)C(C)(C)OC. The van der Waals surface area contributed by atoms with E-state index in [0.717, 1.165) is 38.5 Å². The van der Waals surface area contributed by atoms with Gasteiger partial charge in [-0.25, -0.2) is 26.7 Å². The van der Waals surface area contributed by atoms with Crippen LogP contribution < -0.4 is 10.6 Å². The van der Waals surface area contributed by atoms with Gasteiger partial charge < -0.3 is 15.4 Å². The first kappa shape index (κ1) is 26.1. The number of nitrogens with one attached hydrogen (secondary N) is 2. The van der Waals surface area contributed by atoms with Gasteiger partial charge in [-0.05, 0) is 20.3 Å². The van der Waals surface area contributed by atoms with Crippen molar-refractivity contribution in [3.8, 4) is 0 Å². The van der Waals surface area contributed by atoms with Crippen LogP contribution in [0, 0.1) is 35.0 Å². The first-order valence-corrected chi connectivity index (χ1v) is 10.2. The molecule has 0 saturated heterocycles. The molecule has 1 unspecified atom stereocenters. The summed E-state index contributed by atoms with van der Waals surface area (Å²) in [5.41, 5.74) is -1.97. The minimum Gasteiger partial charge on any atom is -0.378 e. The Balaban J connectivity index is 2.72. The van der Waals surface area contributed by atoms with Crippen LogP contribution in [0.1, 0.15) is 65.7 Å². The van der Waals surface area contributed by atoms with Crippen molar-refractivity contribution >= 4 is 11.7 Å². The zero-order valence-electron chi connectivity index (χ0n) is 17.9. The van der Waals surface area contributed by atoms with E-state index in [-0.39, 0.29) is 12.5 Å². The van der Waals surface area contributed by atoms with Gasteiger partial charge in [0.1, 0.15) is 5.69 Å². The van der Waals surface area contributed by atoms with E-state index in [9.17, 15) is 26.7 Å². The molecule has 9 heteroatoms. The van der Waals surface area contributed by atoms with Crippen molar-refractivity contribution in [1.29, 1.82) is 0 Å². The predicted molar refractivity (Wildman–Crippen MR) is 106 cm³/mol. The summed E-state index contributed by atoms with van der Waals surface area (Å²) in [5.74, 6) is -10.8. The molecule has 172 valence electrons. The fourth-order valence-corrected chi connectivity index (χ4v) is 3.12. The minimum absolute atomic E-state index is 0.108. The van der Waals surface area contributed by atoms with E-state index in [1.807, 2.05) is 13.8 Å². The molecule has 2 amide bonds. The number of urea groups is 1. The van der Waals surface area contributed by atoms with Crippen molar-refractivity contribution in [2.45, 2.75) is 71.3 Å². The molecule has 0 radical (unpaired) electrons. The molecular weight excluding hydrogens is 407 g/mol. The van der Waals surface area contributed by atoms with E-state index in [0.29, 0.717) is 0 Å². The van der Waals surface area contributed by atoms with Gasteiger partial charge in [-0.15, -0.1) is 0 Å². The van der Waals surface area contributed by atoms with E-state index in [1.54, 1.807) is 12.4 Å². The average Bonchev–Trinajstić information content (AvgIpc) is 2.72. The highest BCUT2D eigenvalue weighted by Crippen LogP contribution is 2.28. The molecular formula is C21H31F5N2O2. The number of hydrogen-bond donors (Lipinski definition) is 2. The maximum Gasteiger partial charge on any atom is 0.319 e. The van der Waals surface area contributed by atoms with Crippen LogP contribution >= 0.6 is 0 Å². The van der Waals surface area contributed by atoms with Crippen molar-refractivity contribution in [3.05, 3.63) is 29.1 Å². The standard InChI is InChI=1S/C21H31F5N2O2/c1-5-6-7-8-9-10-11-13(21(2,3)30-4)12-27-20(29)28-19-17(25)15(23)14(22)16(24)18(19)26/h13H,5-12H2,1-4H3,(H2,27,28,29). The van der Waals surface area contributed by atoms with Crippen molar-refractivity contribution in [3.63, 3.8) is 0 Å². The van der Waals surface area contributed by atoms with Crippen molar-refractivity contribution in [2.75, 3.05) is 19.0 Å². The highest BCUT2D eigenvalue weighted by Gasteiger charge is 2.30. The third kappa shape index (κ3) is 7.11. The molecule has 30 heavy (non-hydrogen) atoms. The quantitative estimate of drug-likeness (QED) is 0.174. The van der Waals surface area contributed by atoms with E-state index in [2.05, 4.69) is 12.2 Å². The molecule has 0 fully saturated rings. The van der Waals surface area contributed by atoms with Crippen molar-refractivity contribution < 1.29 is 31.5 Å². The van der Waals surface area contributed by atoms with E-state index < -0.39 is 46.4 Å². The molecule has 0 aliphatic carbocycles. The highest BCUT2D eigenvalue weighted by molar-refractivity contribution is 5.89. The van der Waals surface area contributed by atoms with Crippen molar-refractivity contribution in [2.24, 2.45) is 5.92 Å². The molecule has 0 spiro atoms. The first-order valence-electron chi connectivity index (χ1n) is 10.2. The molecule has 2 N–H and O–H groups in total. The van der Waals surface area contributed by atoms with Crippen LogP contribution in [0.4, 0.5) is 32.4 Å². The fraction of sp³-hybridized carbons (Fsp3) is 0.667. The van der Waals surface area contributed by atoms with Gasteiger partial charge in [0.25, 0.3) is 0 Å². The summed E-state index contributed by atoms with van der Waals surface area (Å²) in [7, 11) is 1.54. The maximum absolute atomic E-state index is 13.7. The summed E-state index contributed by atoms with van der Waals surface area (Å²) in [4.78, 5) is 12.1. The van der Waals surface area contributed by atoms with Crippen LogP contribution in [0.2, 0.25) is 0 Å². The summed E-state index contributed by atoms with van der Waals surface area (Å²) in [5, 5.41) is 4.15. The molecule has 0 aliphatic heterocycles. The zero-order chi connectivity index (χ0) is 22.9. The van der Waals surface area contributed by atoms with Crippen LogP contribution in [0.3, 0.4) is 0 Å². The van der Waals surface area contributed by atoms with Crippen LogP contribution in [0.25, 0.3) is 0 Å². The van der Waals surface area contributed by atoms with Gasteiger partial charge in [0, 0.05) is 19.6 Å². The number of hydrogen-bond acceptors (Lipinski definition) is 2. The molecule has 1 atom stereocenters. The summed E-state index contributed by atoms with van der Waals surface area (Å²) in [6, 6.07) is -1.07. The predicted octanol–water partition coefficient (Wildman–Crippen LogP) is 6.30. The van der Waals surface area contributed by atoms with Gasteiger partial charge in [0.15, 0.2) is 23.3 Å². The largest absolute Gasteiger partial charge is 0.378 e. The summed E-state index contributed by atoms with van der Waals surface area (Å²) >= 11 is 0. The minimum atomic E-state index is -2.28. The second-order valence-electron chi connectivity index (χ2n) is 7.84. The highest BCUT2D eigenvalue weighted by atomic mass is 19.2. The second-order valence-corrected chi connectivity index (χ2v) is 7.84. The summed E-state index contributed by atoms with van der Waals surface area (Å²) < 4.78 is 72.6. The lowest BCUT2D eigenvalue weighted by Crippen LogP contribution is -2.43. The molecule has 0 aromatic heterocycles. The maximum atomic E-state index is 13.7. The van der Waals surface area contributed by atoms with Gasteiger partial charge in [-0.3, -0.25) is 0 Å². The zero-order valence-corrected chi connectivity index (χ0v) is 17.9. The number of carbonyl (C=O) groups excluding carboxylic acids is 1. The van der Waals surface area contributed by atoms with E-state index in [1.165, 1.54) is 6.42 Å². The molecule has 1 aromatic rings. The van der Waals surface area contributed by atoms with Crippen LogP contribution in [0.15, 0.2) is 0 Å². The Kier molecular flexibility index (Phi) is 10.5. The third-order valence-electron chi connectivity index (χ3n) is 5.37. The van der Waals surface area contributed by atoms with Gasteiger partial charge in [0.05, 0.1) is 5.60 Å². The Hall–Kier alpha value is -1.90. The number of halogens is 5. The summed E-state index contributed by atoms with van der Waals surface area (Å²) in [6.07, 6.45) is 7.32. The Labute approximate surface area is 174 Å². The number of benzene rings is 1. The number of amides is 2. The lowest BCUT2D eigenvalue weighted by atomic mass is 9.86. The van der Waals surface area contributed by atoms with E-state index in [4.69, 9.17) is 4.74 Å². The van der Waals surface area contributed by atoms with Crippen molar-refractivity contribution in [1.82, 2.24) is 5.32 Å². The van der Waals surface area contributed by atoms with Gasteiger partial charge in [-0.2, -0.15) is 0 Å². The average molecular weight is 438 g/mol.